The van der Waals surface area contributed by atoms with Gasteiger partial charge >= 0.3 is 5.97 Å². The van der Waals surface area contributed by atoms with E-state index in [1.807, 2.05) is 4.57 Å². The highest BCUT2D eigenvalue weighted by atomic mass is 16.4. The molecule has 2 aromatic rings. The Morgan fingerprint density at radius 2 is 2.33 bits per heavy atom. The maximum atomic E-state index is 11.2. The van der Waals surface area contributed by atoms with Crippen LogP contribution in [0.15, 0.2) is 24.5 Å². The molecule has 6 heteroatoms. The van der Waals surface area contributed by atoms with Gasteiger partial charge in [-0.05, 0) is 18.2 Å². The number of rotatable bonds is 2. The summed E-state index contributed by atoms with van der Waals surface area (Å²) in [7, 11) is 0. The third-order valence-corrected chi connectivity index (χ3v) is 3.17. The standard InChI is InChI=1S/C12H11N3O3/c16-11-4-8(5-13-11)15-6-14-9-2-1-7(12(17)18)3-10(9)15/h1-3,6,8H,4-5H2,(H,13,16)(H,17,18). The molecule has 1 amide bonds. The number of amides is 1. The zero-order valence-corrected chi connectivity index (χ0v) is 9.46. The summed E-state index contributed by atoms with van der Waals surface area (Å²) < 4.78 is 1.86. The van der Waals surface area contributed by atoms with Gasteiger partial charge in [0.15, 0.2) is 0 Å². The van der Waals surface area contributed by atoms with Crippen LogP contribution in [0.25, 0.3) is 11.0 Å². The highest BCUT2D eigenvalue weighted by Crippen LogP contribution is 2.23. The molecule has 1 fully saturated rings. The van der Waals surface area contributed by atoms with Crippen LogP contribution < -0.4 is 5.32 Å². The van der Waals surface area contributed by atoms with E-state index in [1.54, 1.807) is 18.5 Å². The van der Waals surface area contributed by atoms with Crippen molar-refractivity contribution in [1.82, 2.24) is 14.9 Å². The number of hydrogen-bond donors (Lipinski definition) is 2. The van der Waals surface area contributed by atoms with Crippen molar-refractivity contribution in [2.24, 2.45) is 0 Å². The van der Waals surface area contributed by atoms with E-state index in [1.165, 1.54) is 6.07 Å². The van der Waals surface area contributed by atoms with Gasteiger partial charge in [-0.2, -0.15) is 0 Å². The first kappa shape index (κ1) is 10.8. The smallest absolute Gasteiger partial charge is 0.335 e. The van der Waals surface area contributed by atoms with Gasteiger partial charge in [-0.25, -0.2) is 9.78 Å². The van der Waals surface area contributed by atoms with E-state index < -0.39 is 5.97 Å². The fraction of sp³-hybridized carbons (Fsp3) is 0.250. The van der Waals surface area contributed by atoms with Crippen molar-refractivity contribution in [2.45, 2.75) is 12.5 Å². The summed E-state index contributed by atoms with van der Waals surface area (Å²) in [5.74, 6) is -0.957. The van der Waals surface area contributed by atoms with Crippen molar-refractivity contribution in [3.63, 3.8) is 0 Å². The predicted molar refractivity (Wildman–Crippen MR) is 63.4 cm³/mol. The molecule has 2 N–H and O–H groups in total. The monoisotopic (exact) mass is 245 g/mol. The van der Waals surface area contributed by atoms with Gasteiger partial charge < -0.3 is 15.0 Å². The Kier molecular flexibility index (Phi) is 2.29. The van der Waals surface area contributed by atoms with Gasteiger partial charge in [0.1, 0.15) is 0 Å². The quantitative estimate of drug-likeness (QED) is 0.819. The van der Waals surface area contributed by atoms with Gasteiger partial charge in [-0.15, -0.1) is 0 Å². The Balaban J connectivity index is 2.09. The molecule has 18 heavy (non-hydrogen) atoms. The summed E-state index contributed by atoms with van der Waals surface area (Å²) in [6.45, 7) is 0.557. The minimum absolute atomic E-state index is 0.00606. The lowest BCUT2D eigenvalue weighted by atomic mass is 10.2. The molecule has 1 unspecified atom stereocenters. The first-order valence-corrected chi connectivity index (χ1v) is 5.62. The van der Waals surface area contributed by atoms with E-state index in [9.17, 15) is 9.59 Å². The lowest BCUT2D eigenvalue weighted by Gasteiger charge is -2.10. The molecule has 0 aliphatic carbocycles. The normalized spacial score (nSPS) is 19.1. The lowest BCUT2D eigenvalue weighted by Crippen LogP contribution is -2.15. The average Bonchev–Trinajstić information content (AvgIpc) is 2.93. The molecule has 1 saturated heterocycles. The summed E-state index contributed by atoms with van der Waals surface area (Å²) in [5.41, 5.74) is 1.71. The number of nitrogens with zero attached hydrogens (tertiary/aromatic N) is 2. The summed E-state index contributed by atoms with van der Waals surface area (Å²) in [6, 6.07) is 4.80. The maximum absolute atomic E-state index is 11.2. The second-order valence-electron chi connectivity index (χ2n) is 4.32. The molecule has 1 aromatic carbocycles. The molecule has 0 saturated carbocycles. The first-order chi connectivity index (χ1) is 8.65. The predicted octanol–water partition coefficient (Wildman–Crippen LogP) is 0.795. The Morgan fingerprint density at radius 1 is 1.50 bits per heavy atom. The second-order valence-corrected chi connectivity index (χ2v) is 4.32. The number of aromatic carboxylic acids is 1. The van der Waals surface area contributed by atoms with Crippen molar-refractivity contribution in [3.8, 4) is 0 Å². The molecule has 1 atom stereocenters. The van der Waals surface area contributed by atoms with Crippen LogP contribution in [-0.4, -0.2) is 33.1 Å². The zero-order valence-electron chi connectivity index (χ0n) is 9.46. The fourth-order valence-corrected chi connectivity index (χ4v) is 2.24. The third kappa shape index (κ3) is 1.62. The van der Waals surface area contributed by atoms with E-state index in [0.717, 1.165) is 11.0 Å². The van der Waals surface area contributed by atoms with Gasteiger partial charge in [0.25, 0.3) is 0 Å². The topological polar surface area (TPSA) is 84.2 Å². The second kappa shape index (κ2) is 3.83. The summed E-state index contributed by atoms with van der Waals surface area (Å²) in [6.07, 6.45) is 2.06. The SMILES string of the molecule is O=C1CC(n2cnc3ccc(C(=O)O)cc32)CN1. The van der Waals surface area contributed by atoms with Gasteiger partial charge in [0.05, 0.1) is 29.0 Å². The highest BCUT2D eigenvalue weighted by molar-refractivity contribution is 5.92. The van der Waals surface area contributed by atoms with Gasteiger partial charge in [0.2, 0.25) is 5.91 Å². The number of aromatic nitrogens is 2. The molecule has 92 valence electrons. The Morgan fingerprint density at radius 3 is 3.00 bits per heavy atom. The van der Waals surface area contributed by atoms with Crippen molar-refractivity contribution in [2.75, 3.05) is 6.54 Å². The Labute approximate surface area is 102 Å². The van der Waals surface area contributed by atoms with E-state index >= 15 is 0 Å². The largest absolute Gasteiger partial charge is 0.478 e. The number of imidazole rings is 1. The van der Waals surface area contributed by atoms with E-state index in [2.05, 4.69) is 10.3 Å². The minimum atomic E-state index is -0.967. The van der Waals surface area contributed by atoms with Gasteiger partial charge in [-0.3, -0.25) is 4.79 Å². The van der Waals surface area contributed by atoms with Crippen LogP contribution in [0.5, 0.6) is 0 Å². The molecular formula is C12H11N3O3. The first-order valence-electron chi connectivity index (χ1n) is 5.62. The van der Waals surface area contributed by atoms with E-state index in [4.69, 9.17) is 5.11 Å². The molecule has 2 heterocycles. The molecule has 1 aliphatic heterocycles. The molecule has 6 nitrogen and oxygen atoms in total. The number of carboxylic acids is 1. The number of carbonyl (C=O) groups excluding carboxylic acids is 1. The molecule has 0 bridgehead atoms. The van der Waals surface area contributed by atoms with Crippen molar-refractivity contribution in [3.05, 3.63) is 30.1 Å². The number of carboxylic acid groups (broad SMARTS) is 1. The van der Waals surface area contributed by atoms with Crippen molar-refractivity contribution < 1.29 is 14.7 Å². The Bertz CT molecular complexity index is 647. The molecule has 0 radical (unpaired) electrons. The summed E-state index contributed by atoms with van der Waals surface area (Å²) >= 11 is 0. The van der Waals surface area contributed by atoms with Crippen LogP contribution in [0.3, 0.4) is 0 Å². The Hall–Kier alpha value is -2.37. The van der Waals surface area contributed by atoms with E-state index in [-0.39, 0.29) is 17.5 Å². The van der Waals surface area contributed by atoms with Crippen LogP contribution in [0.2, 0.25) is 0 Å². The molecule has 1 aromatic heterocycles. The van der Waals surface area contributed by atoms with Gasteiger partial charge in [0, 0.05) is 13.0 Å². The van der Waals surface area contributed by atoms with Gasteiger partial charge in [-0.1, -0.05) is 0 Å². The van der Waals surface area contributed by atoms with Crippen molar-refractivity contribution >= 4 is 22.9 Å². The third-order valence-electron chi connectivity index (χ3n) is 3.17. The highest BCUT2D eigenvalue weighted by Gasteiger charge is 2.24. The minimum Gasteiger partial charge on any atom is -0.478 e. The molecule has 3 rings (SSSR count). The number of hydrogen-bond acceptors (Lipinski definition) is 3. The van der Waals surface area contributed by atoms with Crippen LogP contribution in [0.4, 0.5) is 0 Å². The number of fused-ring (bicyclic) bond motifs is 1. The van der Waals surface area contributed by atoms with Crippen molar-refractivity contribution in [1.29, 1.82) is 0 Å². The van der Waals surface area contributed by atoms with Crippen LogP contribution in [0, 0.1) is 0 Å². The molecular weight excluding hydrogens is 234 g/mol. The number of nitrogens with one attached hydrogen (secondary N) is 1. The number of benzene rings is 1. The summed E-state index contributed by atoms with van der Waals surface area (Å²) in [4.78, 5) is 26.4. The number of carbonyl (C=O) groups is 2. The fourth-order valence-electron chi connectivity index (χ4n) is 2.24. The van der Waals surface area contributed by atoms with Crippen LogP contribution >= 0.6 is 0 Å². The molecule has 1 aliphatic rings. The van der Waals surface area contributed by atoms with E-state index in [0.29, 0.717) is 13.0 Å². The average molecular weight is 245 g/mol. The maximum Gasteiger partial charge on any atom is 0.335 e. The zero-order chi connectivity index (χ0) is 12.7. The summed E-state index contributed by atoms with van der Waals surface area (Å²) in [5, 5.41) is 11.7. The van der Waals surface area contributed by atoms with Crippen LogP contribution in [-0.2, 0) is 4.79 Å². The van der Waals surface area contributed by atoms with Crippen LogP contribution in [0.1, 0.15) is 22.8 Å². The lowest BCUT2D eigenvalue weighted by molar-refractivity contribution is -0.119. The molecule has 0 spiro atoms.